The number of aliphatic carboxylic acids is 1. The average molecular weight is 537 g/mol. The Morgan fingerprint density at radius 1 is 1.13 bits per heavy atom. The van der Waals surface area contributed by atoms with Crippen LogP contribution in [0, 0.1) is 11.8 Å². The predicted octanol–water partition coefficient (Wildman–Crippen LogP) is 8.20. The molecular weight excluding hydrogens is 482 g/mol. The minimum Gasteiger partial charge on any atom is -0.550 e. The fraction of sp³-hybridized carbons (Fsp3) is 0.743. The summed E-state index contributed by atoms with van der Waals surface area (Å²) >= 11 is 0. The molecule has 1 aromatic carbocycles. The van der Waals surface area contributed by atoms with Gasteiger partial charge in [-0.05, 0) is 118 Å². The molecule has 4 heteroatoms. The van der Waals surface area contributed by atoms with E-state index >= 15 is 0 Å². The number of hydrogen-bond donors (Lipinski definition) is 0. The summed E-state index contributed by atoms with van der Waals surface area (Å²) in [5.74, 6) is 1.93. The SMILES string of the molecule is CCCCCC(C)C(C)c1cc2c(c(C3CCCCCN3CCCC(=O)[O-])c1)C1=C(CCC(C)C1)C(C)(C)O2. The number of rotatable bonds is 11. The topological polar surface area (TPSA) is 52.6 Å². The van der Waals surface area contributed by atoms with E-state index in [1.807, 2.05) is 0 Å². The summed E-state index contributed by atoms with van der Waals surface area (Å²) in [7, 11) is 0. The number of ether oxygens (including phenoxy) is 1. The van der Waals surface area contributed by atoms with E-state index in [2.05, 4.69) is 58.6 Å². The quantitative estimate of drug-likeness (QED) is 0.268. The molecule has 4 unspecified atom stereocenters. The maximum Gasteiger partial charge on any atom is 0.128 e. The van der Waals surface area contributed by atoms with Crippen molar-refractivity contribution < 1.29 is 14.6 Å². The van der Waals surface area contributed by atoms with Crippen molar-refractivity contribution >= 4 is 11.5 Å². The second kappa shape index (κ2) is 13.2. The summed E-state index contributed by atoms with van der Waals surface area (Å²) < 4.78 is 6.94. The third-order valence-electron chi connectivity index (χ3n) is 10.0. The first kappa shape index (κ1) is 30.2. The maximum atomic E-state index is 11.2. The molecule has 4 nitrogen and oxygen atoms in total. The monoisotopic (exact) mass is 536 g/mol. The first-order valence-electron chi connectivity index (χ1n) is 16.2. The van der Waals surface area contributed by atoms with Gasteiger partial charge < -0.3 is 14.6 Å². The van der Waals surface area contributed by atoms with Crippen molar-refractivity contribution in [2.45, 2.75) is 143 Å². The van der Waals surface area contributed by atoms with Gasteiger partial charge >= 0.3 is 0 Å². The minimum atomic E-state index is -0.937. The van der Waals surface area contributed by atoms with Crippen molar-refractivity contribution in [3.8, 4) is 5.75 Å². The Hall–Kier alpha value is -1.81. The summed E-state index contributed by atoms with van der Waals surface area (Å²) in [6.07, 6.45) is 14.2. The molecule has 39 heavy (non-hydrogen) atoms. The Morgan fingerprint density at radius 2 is 1.92 bits per heavy atom. The molecule has 4 atom stereocenters. The van der Waals surface area contributed by atoms with Crippen molar-refractivity contribution in [2.24, 2.45) is 11.8 Å². The fourth-order valence-electron chi connectivity index (χ4n) is 7.47. The van der Waals surface area contributed by atoms with Gasteiger partial charge in [-0.1, -0.05) is 72.3 Å². The first-order valence-corrected chi connectivity index (χ1v) is 16.2. The molecule has 3 aliphatic rings. The number of unbranched alkanes of at least 4 members (excludes halogenated alkanes) is 2. The highest BCUT2D eigenvalue weighted by atomic mass is 16.5. The molecule has 0 bridgehead atoms. The molecule has 2 aliphatic heterocycles. The maximum absolute atomic E-state index is 11.2. The largest absolute Gasteiger partial charge is 0.550 e. The van der Waals surface area contributed by atoms with Gasteiger partial charge in [-0.15, -0.1) is 0 Å². The lowest BCUT2D eigenvalue weighted by Gasteiger charge is -2.43. The molecule has 0 spiro atoms. The average Bonchev–Trinajstić information content (AvgIpc) is 3.12. The van der Waals surface area contributed by atoms with Gasteiger partial charge in [0.1, 0.15) is 11.4 Å². The molecule has 0 amide bonds. The zero-order valence-electron chi connectivity index (χ0n) is 25.7. The molecule has 0 saturated carbocycles. The van der Waals surface area contributed by atoms with Crippen LogP contribution in [-0.4, -0.2) is 29.6 Å². The van der Waals surface area contributed by atoms with Crippen molar-refractivity contribution in [3.05, 3.63) is 34.4 Å². The summed E-state index contributed by atoms with van der Waals surface area (Å²) in [5.41, 5.74) is 7.01. The van der Waals surface area contributed by atoms with Crippen LogP contribution < -0.4 is 9.84 Å². The van der Waals surface area contributed by atoms with Gasteiger partial charge in [0.05, 0.1) is 0 Å². The molecule has 218 valence electrons. The Balaban J connectivity index is 1.81. The standard InChI is InChI=1S/C35H55NO3/c1-7-8-10-14-25(3)26(4)27-22-29(31-15-11-9-12-19-36(31)20-13-16-33(37)38)34-28-21-24(2)17-18-30(28)35(5,6)39-32(34)23-27/h22-26,31H,7-21H2,1-6H3,(H,37,38)/p-1. The highest BCUT2D eigenvalue weighted by Gasteiger charge is 2.40. The lowest BCUT2D eigenvalue weighted by Crippen LogP contribution is -2.38. The zero-order chi connectivity index (χ0) is 28.2. The predicted molar refractivity (Wildman–Crippen MR) is 160 cm³/mol. The van der Waals surface area contributed by atoms with E-state index in [4.69, 9.17) is 4.74 Å². The van der Waals surface area contributed by atoms with E-state index in [-0.39, 0.29) is 12.0 Å². The van der Waals surface area contributed by atoms with Crippen molar-refractivity contribution in [2.75, 3.05) is 13.1 Å². The smallest absolute Gasteiger partial charge is 0.128 e. The van der Waals surface area contributed by atoms with E-state index in [0.717, 1.165) is 38.1 Å². The third kappa shape index (κ3) is 7.10. The number of likely N-dealkylation sites (tertiary alicyclic amines) is 1. The van der Waals surface area contributed by atoms with Gasteiger partial charge in [0.25, 0.3) is 0 Å². The third-order valence-corrected chi connectivity index (χ3v) is 10.0. The van der Waals surface area contributed by atoms with Gasteiger partial charge in [0.2, 0.25) is 0 Å². The van der Waals surface area contributed by atoms with Crippen LogP contribution in [0.2, 0.25) is 0 Å². The van der Waals surface area contributed by atoms with Crippen LogP contribution in [0.3, 0.4) is 0 Å². The lowest BCUT2D eigenvalue weighted by molar-refractivity contribution is -0.305. The van der Waals surface area contributed by atoms with E-state index in [1.165, 1.54) is 73.6 Å². The summed E-state index contributed by atoms with van der Waals surface area (Å²) in [6.45, 7) is 15.9. The van der Waals surface area contributed by atoms with Gasteiger partial charge in [-0.2, -0.15) is 0 Å². The van der Waals surface area contributed by atoms with E-state index in [9.17, 15) is 9.90 Å². The van der Waals surface area contributed by atoms with Crippen LogP contribution in [0.25, 0.3) is 5.57 Å². The van der Waals surface area contributed by atoms with Crippen LogP contribution >= 0.6 is 0 Å². The number of carbonyl (C=O) groups excluding carboxylic acids is 1. The lowest BCUT2D eigenvalue weighted by atomic mass is 9.72. The highest BCUT2D eigenvalue weighted by molar-refractivity contribution is 5.80. The first-order chi connectivity index (χ1) is 18.6. The summed E-state index contributed by atoms with van der Waals surface area (Å²) in [5, 5.41) is 11.2. The normalized spacial score (nSPS) is 24.8. The number of benzene rings is 1. The number of carbonyl (C=O) groups is 1. The molecule has 1 aliphatic carbocycles. The number of carboxylic acid groups (broad SMARTS) is 1. The van der Waals surface area contributed by atoms with Crippen LogP contribution in [-0.2, 0) is 4.79 Å². The van der Waals surface area contributed by atoms with Crippen LogP contribution in [0.15, 0.2) is 17.7 Å². The second-order valence-electron chi connectivity index (χ2n) is 13.5. The van der Waals surface area contributed by atoms with Crippen molar-refractivity contribution in [1.82, 2.24) is 4.90 Å². The van der Waals surface area contributed by atoms with Gasteiger partial charge in [0.15, 0.2) is 0 Å². The summed E-state index contributed by atoms with van der Waals surface area (Å²) in [6, 6.07) is 5.25. The van der Waals surface area contributed by atoms with Crippen LogP contribution in [0.1, 0.15) is 154 Å². The molecule has 1 fully saturated rings. The Morgan fingerprint density at radius 3 is 2.67 bits per heavy atom. The molecule has 0 N–H and O–H groups in total. The molecule has 2 heterocycles. The van der Waals surface area contributed by atoms with Crippen molar-refractivity contribution in [1.29, 1.82) is 0 Å². The van der Waals surface area contributed by atoms with Crippen LogP contribution in [0.5, 0.6) is 5.75 Å². The molecule has 4 rings (SSSR count). The van der Waals surface area contributed by atoms with Gasteiger partial charge in [-0.25, -0.2) is 0 Å². The molecule has 0 aromatic heterocycles. The number of allylic oxidation sites excluding steroid dienone is 1. The number of carboxylic acids is 1. The number of nitrogens with zero attached hydrogens (tertiary/aromatic N) is 1. The Labute approximate surface area is 238 Å². The highest BCUT2D eigenvalue weighted by Crippen LogP contribution is 2.52. The van der Waals surface area contributed by atoms with Gasteiger partial charge in [0, 0.05) is 17.6 Å². The van der Waals surface area contributed by atoms with E-state index < -0.39 is 5.97 Å². The van der Waals surface area contributed by atoms with E-state index in [0.29, 0.717) is 30.2 Å². The summed E-state index contributed by atoms with van der Waals surface area (Å²) in [4.78, 5) is 13.8. The number of fused-ring (bicyclic) bond motifs is 2. The van der Waals surface area contributed by atoms with Crippen LogP contribution in [0.4, 0.5) is 0 Å². The Kier molecular flexibility index (Phi) is 10.2. The minimum absolute atomic E-state index is 0.137. The second-order valence-corrected chi connectivity index (χ2v) is 13.5. The fourth-order valence-corrected chi connectivity index (χ4v) is 7.47. The van der Waals surface area contributed by atoms with Gasteiger partial charge in [-0.3, -0.25) is 4.90 Å². The van der Waals surface area contributed by atoms with Crippen molar-refractivity contribution in [3.63, 3.8) is 0 Å². The Bertz CT molecular complexity index is 1020. The number of hydrogen-bond acceptors (Lipinski definition) is 4. The molecular formula is C35H54NO3-. The molecule has 0 radical (unpaired) electrons. The van der Waals surface area contributed by atoms with E-state index in [1.54, 1.807) is 5.57 Å². The molecule has 1 aromatic rings. The zero-order valence-corrected chi connectivity index (χ0v) is 25.7. The molecule has 1 saturated heterocycles.